The van der Waals surface area contributed by atoms with Crippen LogP contribution in [-0.4, -0.2) is 13.1 Å². The van der Waals surface area contributed by atoms with Gasteiger partial charge >= 0.3 is 0 Å². The molecule has 0 fully saturated rings. The normalized spacial score (nSPS) is 8.18. The molecule has 0 aliphatic rings. The zero-order chi connectivity index (χ0) is 6.95. The minimum atomic E-state index is 0. The Labute approximate surface area is 97.6 Å². The predicted molar refractivity (Wildman–Crippen MR) is 40.6 cm³/mol. The molecule has 0 aliphatic heterocycles. The van der Waals surface area contributed by atoms with Gasteiger partial charge < -0.3 is 10.6 Å². The van der Waals surface area contributed by atoms with Crippen LogP contribution in [0.2, 0.25) is 0 Å². The average Bonchev–Trinajstić information content (AvgIpc) is 1.89. The fraction of sp³-hybridized carbons (Fsp3) is 0.714. The van der Waals surface area contributed by atoms with Crippen molar-refractivity contribution in [2.75, 3.05) is 13.1 Å². The van der Waals surface area contributed by atoms with Gasteiger partial charge in [-0.15, -0.1) is 0 Å². The van der Waals surface area contributed by atoms with Crippen LogP contribution in [0.5, 0.6) is 0 Å². The summed E-state index contributed by atoms with van der Waals surface area (Å²) < 4.78 is 0. The zero-order valence-corrected chi connectivity index (χ0v) is 12.5. The minimum absolute atomic E-state index is 0. The monoisotopic (exact) mass is 502 g/mol. The summed E-state index contributed by atoms with van der Waals surface area (Å²) in [4.78, 5) is 0. The number of rotatable bonds is 6. The van der Waals surface area contributed by atoms with Crippen molar-refractivity contribution in [2.24, 2.45) is 0 Å². The van der Waals surface area contributed by atoms with Crippen LogP contribution in [0.1, 0.15) is 20.3 Å². The Hall–Kier alpha value is 1.24. The van der Waals surface area contributed by atoms with Gasteiger partial charge in [0.15, 0.2) is 0 Å². The van der Waals surface area contributed by atoms with Gasteiger partial charge in [-0.2, -0.15) is 13.8 Å². The first-order chi connectivity index (χ1) is 4.41. The van der Waals surface area contributed by atoms with Crippen LogP contribution in [0.15, 0.2) is 0 Å². The molecular weight excluding hydrogens is 485 g/mol. The van der Waals surface area contributed by atoms with Gasteiger partial charge in [0.25, 0.3) is 0 Å². The Kier molecular flexibility index (Phi) is 28.6. The summed E-state index contributed by atoms with van der Waals surface area (Å²) in [5, 5.41) is 6.26. The van der Waals surface area contributed by atoms with Gasteiger partial charge in [0, 0.05) is 40.8 Å². The summed E-state index contributed by atoms with van der Waals surface area (Å²) in [6.07, 6.45) is 1.18. The second kappa shape index (κ2) is 17.4. The molecule has 0 heterocycles. The van der Waals surface area contributed by atoms with E-state index in [0.717, 1.165) is 13.1 Å². The smallest absolute Gasteiger partial charge is 0 e. The van der Waals surface area contributed by atoms with Gasteiger partial charge in [-0.1, -0.05) is 0 Å². The third-order valence-electron chi connectivity index (χ3n) is 1.05. The van der Waals surface area contributed by atoms with Gasteiger partial charge in [-0.25, -0.2) is 0 Å². The van der Waals surface area contributed by atoms with Crippen molar-refractivity contribution in [3.8, 4) is 0 Å². The van der Waals surface area contributed by atoms with E-state index in [1.54, 1.807) is 0 Å². The fourth-order valence-corrected chi connectivity index (χ4v) is 0.581. The summed E-state index contributed by atoms with van der Waals surface area (Å²) in [6.45, 7) is 10.1. The van der Waals surface area contributed by atoms with E-state index in [4.69, 9.17) is 0 Å². The van der Waals surface area contributed by atoms with Crippen molar-refractivity contribution in [1.82, 2.24) is 10.6 Å². The molecule has 0 saturated carbocycles. The van der Waals surface area contributed by atoms with E-state index in [2.05, 4.69) is 10.6 Å². The molecule has 0 rings (SSSR count). The van der Waals surface area contributed by atoms with E-state index in [1.807, 2.05) is 26.9 Å². The first kappa shape index (κ1) is 18.1. The van der Waals surface area contributed by atoms with Crippen LogP contribution >= 0.6 is 0 Å². The maximum Gasteiger partial charge on any atom is 0 e. The Morgan fingerprint density at radius 2 is 1.27 bits per heavy atom. The van der Waals surface area contributed by atoms with Crippen LogP contribution in [0.3, 0.4) is 0 Å². The molecule has 2 nitrogen and oxygen atoms in total. The predicted octanol–water partition coefficient (Wildman–Crippen LogP) is 0.914. The topological polar surface area (TPSA) is 24.1 Å². The molecule has 0 amide bonds. The van der Waals surface area contributed by atoms with Gasteiger partial charge in [0.2, 0.25) is 0 Å². The van der Waals surface area contributed by atoms with Crippen molar-refractivity contribution >= 4 is 0 Å². The van der Waals surface area contributed by atoms with E-state index in [9.17, 15) is 0 Å². The first-order valence-electron chi connectivity index (χ1n) is 3.44. The molecule has 0 aromatic carbocycles. The Balaban J connectivity index is -0.000000320. The summed E-state index contributed by atoms with van der Waals surface area (Å²) in [7, 11) is 0. The summed E-state index contributed by atoms with van der Waals surface area (Å²) in [6, 6.07) is 0. The number of hydrogen-bond acceptors (Lipinski definition) is 2. The van der Waals surface area contributed by atoms with Crippen molar-refractivity contribution in [2.45, 2.75) is 20.3 Å². The number of nitrogens with one attached hydrogen (secondary N) is 2. The van der Waals surface area contributed by atoms with Gasteiger partial charge in [-0.3, -0.25) is 13.1 Å². The molecule has 2 radical (unpaired) electrons. The Morgan fingerprint density at radius 3 is 1.55 bits per heavy atom. The summed E-state index contributed by atoms with van der Waals surface area (Å²) in [5.74, 6) is 0. The summed E-state index contributed by atoms with van der Waals surface area (Å²) >= 11 is 0. The van der Waals surface area contributed by atoms with Crippen molar-refractivity contribution in [3.05, 3.63) is 13.1 Å². The molecule has 4 heteroatoms. The molecule has 0 bridgehead atoms. The molecule has 0 spiro atoms. The maximum atomic E-state index is 3.13. The van der Waals surface area contributed by atoms with E-state index < -0.39 is 0 Å². The standard InChI is InChI=1S/C7H16N2.2Re/c1-3-8-6-5-7-9-4-2;;/h3-4,8-9H,5-7H2,1-2H3;;/q-2;;. The molecule has 0 aliphatic carbocycles. The molecule has 0 atom stereocenters. The van der Waals surface area contributed by atoms with E-state index >= 15 is 0 Å². The number of hydrogen-bond donors (Lipinski definition) is 2. The van der Waals surface area contributed by atoms with Crippen molar-refractivity contribution in [3.63, 3.8) is 0 Å². The van der Waals surface area contributed by atoms with Gasteiger partial charge in [0.05, 0.1) is 0 Å². The molecule has 2 N–H and O–H groups in total. The van der Waals surface area contributed by atoms with E-state index in [1.165, 1.54) is 6.42 Å². The maximum absolute atomic E-state index is 3.13. The van der Waals surface area contributed by atoms with Crippen LogP contribution in [-0.2, 0) is 40.8 Å². The largest absolute Gasteiger partial charge is 0.470 e. The molecule has 0 saturated heterocycles. The van der Waals surface area contributed by atoms with Crippen LogP contribution in [0.4, 0.5) is 0 Å². The summed E-state index contributed by atoms with van der Waals surface area (Å²) in [5.41, 5.74) is 0. The molecule has 70 valence electrons. The van der Waals surface area contributed by atoms with Crippen molar-refractivity contribution in [1.29, 1.82) is 0 Å². The minimum Gasteiger partial charge on any atom is -0.470 e. The SMILES string of the molecule is C[CH-]NCCCN[CH-]C.[Re].[Re]. The van der Waals surface area contributed by atoms with Gasteiger partial charge in [0.1, 0.15) is 0 Å². The van der Waals surface area contributed by atoms with Crippen LogP contribution in [0, 0.1) is 13.1 Å². The van der Waals surface area contributed by atoms with Crippen LogP contribution < -0.4 is 10.6 Å². The zero-order valence-electron chi connectivity index (χ0n) is 7.03. The quantitative estimate of drug-likeness (QED) is 0.419. The molecule has 0 aromatic rings. The Morgan fingerprint density at radius 1 is 0.909 bits per heavy atom. The molecular formula is C7H16N2Re2-2. The Bertz CT molecular complexity index is 47.7. The fourth-order valence-electron chi connectivity index (χ4n) is 0.581. The second-order valence-corrected chi connectivity index (χ2v) is 1.84. The first-order valence-corrected chi connectivity index (χ1v) is 3.44. The van der Waals surface area contributed by atoms with Crippen LogP contribution in [0.25, 0.3) is 0 Å². The van der Waals surface area contributed by atoms with Crippen molar-refractivity contribution < 1.29 is 40.8 Å². The molecule has 0 unspecified atom stereocenters. The van der Waals surface area contributed by atoms with E-state index in [0.29, 0.717) is 0 Å². The molecule has 0 aromatic heterocycles. The third-order valence-corrected chi connectivity index (χ3v) is 1.05. The second-order valence-electron chi connectivity index (χ2n) is 1.84. The average molecular weight is 501 g/mol. The third kappa shape index (κ3) is 18.3. The van der Waals surface area contributed by atoms with Gasteiger partial charge in [-0.05, 0) is 19.5 Å². The van der Waals surface area contributed by atoms with E-state index in [-0.39, 0.29) is 40.8 Å². The molecule has 11 heavy (non-hydrogen) atoms.